The molecule has 2 aromatic carbocycles. The van der Waals surface area contributed by atoms with E-state index in [0.29, 0.717) is 22.0 Å². The van der Waals surface area contributed by atoms with Crippen molar-refractivity contribution in [3.63, 3.8) is 0 Å². The van der Waals surface area contributed by atoms with E-state index in [4.69, 9.17) is 11.6 Å². The largest absolute Gasteiger partial charge is 0.372 e. The van der Waals surface area contributed by atoms with Crippen LogP contribution in [0.3, 0.4) is 0 Å². The second-order valence-corrected chi connectivity index (χ2v) is 6.45. The van der Waals surface area contributed by atoms with Gasteiger partial charge in [-0.15, -0.1) is 0 Å². The van der Waals surface area contributed by atoms with Crippen LogP contribution >= 0.6 is 11.6 Å². The molecule has 1 saturated heterocycles. The number of anilines is 2. The minimum Gasteiger partial charge on any atom is -0.372 e. The average Bonchev–Trinajstić information content (AvgIpc) is 2.90. The molecule has 2 aromatic rings. The molecule has 1 heterocycles. The lowest BCUT2D eigenvalue weighted by Crippen LogP contribution is -2.35. The standard InChI is InChI=1S/C18H15ClN4O4/c1-21(2)15-8-3-11(10-16(15)23(26)27)9-14-17(24)20-22(18(14)25)13-6-4-12(19)5-7-13/h3-10H,1-2H3,(H,20,24)/b14-9+. The van der Waals surface area contributed by atoms with E-state index in [2.05, 4.69) is 5.43 Å². The minimum absolute atomic E-state index is 0.114. The maximum absolute atomic E-state index is 12.6. The third kappa shape index (κ3) is 3.61. The number of carbonyl (C=O) groups is 2. The first-order valence-corrected chi connectivity index (χ1v) is 8.24. The molecule has 0 aromatic heterocycles. The highest BCUT2D eigenvalue weighted by Gasteiger charge is 2.34. The molecule has 1 aliphatic rings. The van der Waals surface area contributed by atoms with Crippen LogP contribution in [0.25, 0.3) is 6.08 Å². The Morgan fingerprint density at radius 3 is 2.41 bits per heavy atom. The first-order chi connectivity index (χ1) is 12.8. The molecule has 27 heavy (non-hydrogen) atoms. The van der Waals surface area contributed by atoms with E-state index in [1.165, 1.54) is 12.1 Å². The van der Waals surface area contributed by atoms with Crippen LogP contribution in [0.15, 0.2) is 48.0 Å². The van der Waals surface area contributed by atoms with Gasteiger partial charge in [0, 0.05) is 25.2 Å². The summed E-state index contributed by atoms with van der Waals surface area (Å²) in [6, 6.07) is 10.9. The van der Waals surface area contributed by atoms with E-state index in [1.54, 1.807) is 55.4 Å². The number of rotatable bonds is 4. The Morgan fingerprint density at radius 1 is 1.15 bits per heavy atom. The molecule has 1 N–H and O–H groups in total. The van der Waals surface area contributed by atoms with Gasteiger partial charge in [0.15, 0.2) is 0 Å². The molecule has 0 aliphatic carbocycles. The topological polar surface area (TPSA) is 95.8 Å². The molecular weight excluding hydrogens is 372 g/mol. The van der Waals surface area contributed by atoms with Crippen molar-refractivity contribution in [3.8, 4) is 0 Å². The zero-order valence-electron chi connectivity index (χ0n) is 14.5. The number of nitro benzene ring substituents is 1. The highest BCUT2D eigenvalue weighted by Crippen LogP contribution is 2.29. The summed E-state index contributed by atoms with van der Waals surface area (Å²) in [6.07, 6.45) is 1.33. The van der Waals surface area contributed by atoms with Gasteiger partial charge < -0.3 is 4.90 Å². The highest BCUT2D eigenvalue weighted by molar-refractivity contribution is 6.32. The van der Waals surface area contributed by atoms with Crippen molar-refractivity contribution in [1.82, 2.24) is 5.43 Å². The number of nitrogens with one attached hydrogen (secondary N) is 1. The van der Waals surface area contributed by atoms with Crippen LogP contribution in [0.4, 0.5) is 17.1 Å². The Balaban J connectivity index is 1.96. The average molecular weight is 387 g/mol. The van der Waals surface area contributed by atoms with Crippen molar-refractivity contribution in [3.05, 3.63) is 68.7 Å². The monoisotopic (exact) mass is 386 g/mol. The molecule has 9 heteroatoms. The number of carbonyl (C=O) groups excluding carboxylic acids is 2. The Hall–Kier alpha value is -3.39. The molecule has 1 fully saturated rings. The van der Waals surface area contributed by atoms with Crippen LogP contribution in [0.5, 0.6) is 0 Å². The Morgan fingerprint density at radius 2 is 1.81 bits per heavy atom. The molecule has 0 bridgehead atoms. The number of hydrazine groups is 1. The van der Waals surface area contributed by atoms with Crippen molar-refractivity contribution in [2.45, 2.75) is 0 Å². The molecule has 0 saturated carbocycles. The zero-order valence-corrected chi connectivity index (χ0v) is 15.2. The van der Waals surface area contributed by atoms with Crippen LogP contribution in [0, 0.1) is 10.1 Å². The van der Waals surface area contributed by atoms with Gasteiger partial charge in [0.1, 0.15) is 11.3 Å². The number of halogens is 1. The number of amides is 2. The van der Waals surface area contributed by atoms with Crippen LogP contribution in [0.1, 0.15) is 5.56 Å². The quantitative estimate of drug-likeness (QED) is 0.377. The first kappa shape index (κ1) is 18.4. The van der Waals surface area contributed by atoms with E-state index in [0.717, 1.165) is 5.01 Å². The van der Waals surface area contributed by atoms with Gasteiger partial charge in [-0.05, 0) is 42.0 Å². The predicted octanol–water partition coefficient (Wildman–Crippen LogP) is 2.78. The fourth-order valence-electron chi connectivity index (χ4n) is 2.65. The number of hydrogen-bond acceptors (Lipinski definition) is 5. The number of benzene rings is 2. The van der Waals surface area contributed by atoms with E-state index < -0.39 is 16.7 Å². The third-order valence-electron chi connectivity index (χ3n) is 3.97. The second kappa shape index (κ2) is 7.08. The lowest BCUT2D eigenvalue weighted by molar-refractivity contribution is -0.384. The highest BCUT2D eigenvalue weighted by atomic mass is 35.5. The molecule has 0 atom stereocenters. The fourth-order valence-corrected chi connectivity index (χ4v) is 2.78. The van der Waals surface area contributed by atoms with E-state index >= 15 is 0 Å². The van der Waals surface area contributed by atoms with Gasteiger partial charge >= 0.3 is 0 Å². The smallest absolute Gasteiger partial charge is 0.293 e. The van der Waals surface area contributed by atoms with Gasteiger partial charge in [-0.2, -0.15) is 0 Å². The Bertz CT molecular complexity index is 970. The van der Waals surface area contributed by atoms with Crippen molar-refractivity contribution >= 4 is 46.6 Å². The SMILES string of the molecule is CN(C)c1ccc(/C=C2\C(=O)NN(c3ccc(Cl)cc3)C2=O)cc1[N+](=O)[O-]. The minimum atomic E-state index is -0.589. The zero-order chi connectivity index (χ0) is 19.7. The maximum Gasteiger partial charge on any atom is 0.293 e. The van der Waals surface area contributed by atoms with Gasteiger partial charge in [0.25, 0.3) is 17.5 Å². The summed E-state index contributed by atoms with van der Waals surface area (Å²) in [5.41, 5.74) is 3.49. The van der Waals surface area contributed by atoms with Gasteiger partial charge in [0.05, 0.1) is 10.6 Å². The molecule has 0 radical (unpaired) electrons. The lowest BCUT2D eigenvalue weighted by atomic mass is 10.1. The summed E-state index contributed by atoms with van der Waals surface area (Å²) >= 11 is 5.83. The summed E-state index contributed by atoms with van der Waals surface area (Å²) < 4.78 is 0. The normalized spacial score (nSPS) is 15.2. The molecule has 0 unspecified atom stereocenters. The number of nitro groups is 1. The second-order valence-electron chi connectivity index (χ2n) is 6.02. The van der Waals surface area contributed by atoms with Crippen LogP contribution < -0.4 is 15.3 Å². The number of nitrogens with zero attached hydrogens (tertiary/aromatic N) is 3. The summed E-state index contributed by atoms with van der Waals surface area (Å²) in [7, 11) is 3.39. The molecule has 2 amide bonds. The summed E-state index contributed by atoms with van der Waals surface area (Å²) in [5.74, 6) is -1.14. The summed E-state index contributed by atoms with van der Waals surface area (Å²) in [6.45, 7) is 0. The fraction of sp³-hybridized carbons (Fsp3) is 0.111. The van der Waals surface area contributed by atoms with Crippen LogP contribution in [0.2, 0.25) is 5.02 Å². The van der Waals surface area contributed by atoms with E-state index in [1.807, 2.05) is 0 Å². The number of hydrogen-bond donors (Lipinski definition) is 1. The van der Waals surface area contributed by atoms with E-state index in [9.17, 15) is 19.7 Å². The molecule has 8 nitrogen and oxygen atoms in total. The van der Waals surface area contributed by atoms with Crippen LogP contribution in [-0.2, 0) is 9.59 Å². The Kier molecular flexibility index (Phi) is 4.83. The molecular formula is C18H15ClN4O4. The molecule has 3 rings (SSSR count). The van der Waals surface area contributed by atoms with Gasteiger partial charge in [-0.25, -0.2) is 5.01 Å². The van der Waals surface area contributed by atoms with Crippen LogP contribution in [-0.4, -0.2) is 30.8 Å². The third-order valence-corrected chi connectivity index (χ3v) is 4.22. The molecule has 138 valence electrons. The summed E-state index contributed by atoms with van der Waals surface area (Å²) in [5, 5.41) is 12.9. The molecule has 1 aliphatic heterocycles. The van der Waals surface area contributed by atoms with Gasteiger partial charge in [0.2, 0.25) is 0 Å². The van der Waals surface area contributed by atoms with Gasteiger partial charge in [-0.3, -0.25) is 25.1 Å². The summed E-state index contributed by atoms with van der Waals surface area (Å²) in [4.78, 5) is 37.2. The Labute approximate surface area is 159 Å². The van der Waals surface area contributed by atoms with Crippen molar-refractivity contribution < 1.29 is 14.5 Å². The van der Waals surface area contributed by atoms with E-state index in [-0.39, 0.29) is 11.3 Å². The first-order valence-electron chi connectivity index (χ1n) is 7.86. The maximum atomic E-state index is 12.6. The van der Waals surface area contributed by atoms with Crippen molar-refractivity contribution in [2.75, 3.05) is 24.0 Å². The van der Waals surface area contributed by atoms with Crippen molar-refractivity contribution in [2.24, 2.45) is 0 Å². The predicted molar refractivity (Wildman–Crippen MR) is 102 cm³/mol. The van der Waals surface area contributed by atoms with Gasteiger partial charge in [-0.1, -0.05) is 17.7 Å². The van der Waals surface area contributed by atoms with Crippen molar-refractivity contribution in [1.29, 1.82) is 0 Å². The molecule has 0 spiro atoms. The lowest BCUT2D eigenvalue weighted by Gasteiger charge is -2.14.